The molecule has 0 aromatic rings. The molecular formula is C10H40N2O24P8. The van der Waals surface area contributed by atoms with Crippen molar-refractivity contribution in [1.82, 2.24) is 0 Å². The Morgan fingerprint density at radius 2 is 0.568 bits per heavy atom. The maximum atomic E-state index is 9.85. The van der Waals surface area contributed by atoms with Gasteiger partial charge < -0.3 is 89.8 Å². The van der Waals surface area contributed by atoms with Gasteiger partial charge in [-0.05, 0) is 31.8 Å². The molecule has 0 amide bonds. The maximum absolute atomic E-state index is 9.85. The van der Waals surface area contributed by atoms with Crippen LogP contribution in [-0.2, 0) is 36.5 Å². The SMILES string of the molecule is CC(CN)CCCN.O=P(O)(O)CP(=O)(O)O.O=P(O)(O)CP(=O)(O)O.O=P(O)(O)CP(=O)(O)O.O=P(O)(O)CP(=O)(O)O. The fraction of sp³-hybridized carbons (Fsp3) is 1.00. The van der Waals surface area contributed by atoms with Crippen LogP contribution in [0.25, 0.3) is 0 Å². The summed E-state index contributed by atoms with van der Waals surface area (Å²) in [5.41, 5.74) is 10.7. The van der Waals surface area contributed by atoms with Crippen LogP contribution in [0, 0.1) is 5.92 Å². The lowest BCUT2D eigenvalue weighted by Gasteiger charge is -2.04. The number of nitrogens with two attached hydrogens (primary N) is 2. The largest absolute Gasteiger partial charge is 0.337 e. The standard InChI is InChI=1S/C6H16N2.4CH6O6P2/c1-6(5-8)3-2-4-7;4*2-8(3,4)1-9(5,6)7/h6H,2-5,7-8H2,1H3;4*1H2,(H2,2,3,4)(H2,5,6,7). The molecule has 0 fully saturated rings. The third kappa shape index (κ3) is 79.0. The van der Waals surface area contributed by atoms with E-state index in [0.29, 0.717) is 5.92 Å². The Morgan fingerprint density at radius 1 is 0.409 bits per heavy atom. The summed E-state index contributed by atoms with van der Waals surface area (Å²) in [6, 6.07) is 0. The molecule has 0 spiro atoms. The predicted octanol–water partition coefficient (Wildman–Crippen LogP) is -2.48. The number of rotatable bonds is 12. The zero-order valence-electron chi connectivity index (χ0n) is 22.4. The summed E-state index contributed by atoms with van der Waals surface area (Å²) < 4.78 is 78.8. The molecule has 0 saturated carbocycles. The van der Waals surface area contributed by atoms with Gasteiger partial charge in [0.25, 0.3) is 0 Å². The van der Waals surface area contributed by atoms with Crippen molar-refractivity contribution >= 4 is 60.8 Å². The molecule has 1 atom stereocenters. The van der Waals surface area contributed by atoms with E-state index in [1.807, 2.05) is 0 Å². The molecule has 0 aromatic carbocycles. The minimum absolute atomic E-state index is 0.651. The molecule has 0 radical (unpaired) electrons. The molecule has 0 aromatic heterocycles. The molecule has 34 heteroatoms. The van der Waals surface area contributed by atoms with E-state index >= 15 is 0 Å². The van der Waals surface area contributed by atoms with Crippen molar-refractivity contribution in [3.05, 3.63) is 0 Å². The van der Waals surface area contributed by atoms with Crippen LogP contribution in [0.3, 0.4) is 0 Å². The second-order valence-corrected chi connectivity index (χ2v) is 23.3. The van der Waals surface area contributed by atoms with Crippen molar-refractivity contribution in [2.75, 3.05) is 36.7 Å². The molecule has 26 nitrogen and oxygen atoms in total. The van der Waals surface area contributed by atoms with Crippen LogP contribution >= 0.6 is 60.8 Å². The van der Waals surface area contributed by atoms with Gasteiger partial charge in [0, 0.05) is 0 Å². The summed E-state index contributed by atoms with van der Waals surface area (Å²) in [5, 5.41) is 0. The highest BCUT2D eigenvalue weighted by Crippen LogP contribution is 2.53. The first-order valence-electron chi connectivity index (χ1n) is 10.4. The zero-order valence-corrected chi connectivity index (χ0v) is 29.5. The minimum atomic E-state index is -4.55. The van der Waals surface area contributed by atoms with Gasteiger partial charge in [-0.25, -0.2) is 0 Å². The van der Waals surface area contributed by atoms with E-state index in [0.717, 1.165) is 19.5 Å². The van der Waals surface area contributed by atoms with Crippen LogP contribution in [0.2, 0.25) is 0 Å². The molecule has 0 aliphatic heterocycles. The molecule has 0 heterocycles. The average Bonchev–Trinajstić information content (AvgIpc) is 2.55. The van der Waals surface area contributed by atoms with Crippen molar-refractivity contribution in [3.63, 3.8) is 0 Å². The van der Waals surface area contributed by atoms with Crippen LogP contribution in [0.1, 0.15) is 19.8 Å². The van der Waals surface area contributed by atoms with Crippen molar-refractivity contribution < 1.29 is 115 Å². The monoisotopic (exact) mass is 820 g/mol. The van der Waals surface area contributed by atoms with E-state index in [1.54, 1.807) is 0 Å². The molecule has 274 valence electrons. The summed E-state index contributed by atoms with van der Waals surface area (Å²) >= 11 is 0. The first-order chi connectivity index (χ1) is 18.6. The van der Waals surface area contributed by atoms with Gasteiger partial charge >= 0.3 is 60.8 Å². The van der Waals surface area contributed by atoms with E-state index in [-0.39, 0.29) is 0 Å². The van der Waals surface area contributed by atoms with Gasteiger partial charge in [-0.2, -0.15) is 0 Å². The Balaban J connectivity index is -0.000000144. The summed E-state index contributed by atoms with van der Waals surface area (Å²) in [6.45, 7) is 3.74. The van der Waals surface area contributed by atoms with Gasteiger partial charge in [0.2, 0.25) is 0 Å². The van der Waals surface area contributed by atoms with E-state index < -0.39 is 84.4 Å². The Morgan fingerprint density at radius 3 is 0.636 bits per heavy atom. The van der Waals surface area contributed by atoms with E-state index in [1.165, 1.54) is 6.42 Å². The maximum Gasteiger partial charge on any atom is 0.337 e. The van der Waals surface area contributed by atoms with Crippen LogP contribution < -0.4 is 11.5 Å². The van der Waals surface area contributed by atoms with E-state index in [2.05, 4.69) is 6.92 Å². The third-order valence-corrected chi connectivity index (χ3v) is 14.6. The number of hydrogen-bond donors (Lipinski definition) is 18. The van der Waals surface area contributed by atoms with E-state index in [9.17, 15) is 36.5 Å². The fourth-order valence-electron chi connectivity index (χ4n) is 1.54. The molecular weight excluding hydrogens is 780 g/mol. The summed E-state index contributed by atoms with van der Waals surface area (Å²) in [7, 11) is -36.4. The van der Waals surface area contributed by atoms with Gasteiger partial charge in [-0.15, -0.1) is 0 Å². The Hall–Kier alpha value is 1.12. The quantitative estimate of drug-likeness (QED) is 0.0906. The average molecular weight is 820 g/mol. The highest BCUT2D eigenvalue weighted by Gasteiger charge is 2.28. The van der Waals surface area contributed by atoms with Crippen LogP contribution in [-0.4, -0.2) is 115 Å². The summed E-state index contributed by atoms with van der Waals surface area (Å²) in [5.74, 6) is -4.85. The van der Waals surface area contributed by atoms with Gasteiger partial charge in [-0.1, -0.05) is 6.92 Å². The molecule has 1 unspecified atom stereocenters. The van der Waals surface area contributed by atoms with Crippen molar-refractivity contribution in [3.8, 4) is 0 Å². The third-order valence-electron chi connectivity index (χ3n) is 2.78. The molecule has 0 aliphatic carbocycles. The van der Waals surface area contributed by atoms with Crippen LogP contribution in [0.4, 0.5) is 0 Å². The highest BCUT2D eigenvalue weighted by atomic mass is 31.3. The Kier molecular flexibility index (Phi) is 28.1. The summed E-state index contributed by atoms with van der Waals surface area (Å²) in [4.78, 5) is 128. The van der Waals surface area contributed by atoms with Crippen molar-refractivity contribution in [2.45, 2.75) is 19.8 Å². The molecule has 20 N–H and O–H groups in total. The fourth-order valence-corrected chi connectivity index (χ4v) is 9.22. The van der Waals surface area contributed by atoms with Gasteiger partial charge in [-0.3, -0.25) is 36.5 Å². The smallest absolute Gasteiger partial charge is 0.330 e. The Bertz CT molecular complexity index is 911. The van der Waals surface area contributed by atoms with Crippen LogP contribution in [0.15, 0.2) is 0 Å². The molecule has 0 saturated heterocycles. The van der Waals surface area contributed by atoms with Gasteiger partial charge in [0.05, 0.1) is 0 Å². The Labute approximate surface area is 249 Å². The molecule has 0 rings (SSSR count). The molecule has 0 bridgehead atoms. The first kappa shape index (κ1) is 54.6. The molecule has 0 aliphatic rings. The second kappa shape index (κ2) is 22.7. The normalized spacial score (nSPS) is 13.8. The van der Waals surface area contributed by atoms with Gasteiger partial charge in [0.1, 0.15) is 0 Å². The second-order valence-electron chi connectivity index (χ2n) is 8.15. The van der Waals surface area contributed by atoms with Crippen molar-refractivity contribution in [2.24, 2.45) is 17.4 Å². The lowest BCUT2D eigenvalue weighted by atomic mass is 10.1. The van der Waals surface area contributed by atoms with Crippen molar-refractivity contribution in [1.29, 1.82) is 0 Å². The van der Waals surface area contributed by atoms with E-state index in [4.69, 9.17) is 89.8 Å². The summed E-state index contributed by atoms with van der Waals surface area (Å²) in [6.07, 6.45) is 2.28. The zero-order chi connectivity index (χ0) is 37.2. The lowest BCUT2D eigenvalue weighted by Crippen LogP contribution is -2.12. The van der Waals surface area contributed by atoms with Crippen LogP contribution in [0.5, 0.6) is 0 Å². The minimum Gasteiger partial charge on any atom is -0.330 e. The first-order valence-corrected chi connectivity index (χ1v) is 24.8. The number of hydrogen-bond acceptors (Lipinski definition) is 10. The highest BCUT2D eigenvalue weighted by molar-refractivity contribution is 7.70. The molecule has 44 heavy (non-hydrogen) atoms. The lowest BCUT2D eigenvalue weighted by molar-refractivity contribution is 0.352. The topological polar surface area (TPSA) is 512 Å². The predicted molar refractivity (Wildman–Crippen MR) is 152 cm³/mol. The van der Waals surface area contributed by atoms with Gasteiger partial charge in [0.15, 0.2) is 23.6 Å².